The van der Waals surface area contributed by atoms with Crippen molar-refractivity contribution in [1.82, 2.24) is 0 Å². The maximum atomic E-state index is 5.64. The first-order chi connectivity index (χ1) is 8.93. The summed E-state index contributed by atoms with van der Waals surface area (Å²) in [6.45, 7) is 3.63. The predicted octanol–water partition coefficient (Wildman–Crippen LogP) is 2.75. The number of hydroxylamine groups is 2. The summed E-state index contributed by atoms with van der Waals surface area (Å²) in [6, 6.07) is 8.44. The van der Waals surface area contributed by atoms with E-state index in [-0.39, 0.29) is 0 Å². The summed E-state index contributed by atoms with van der Waals surface area (Å²) in [5.74, 6) is 0. The molecule has 4 nitrogen and oxygen atoms in total. The highest BCUT2D eigenvalue weighted by atomic mass is 16.7. The molecule has 98 valence electrons. The van der Waals surface area contributed by atoms with E-state index < -0.39 is 0 Å². The third-order valence-corrected chi connectivity index (χ3v) is 3.43. The maximum absolute atomic E-state index is 5.64. The average molecular weight is 248 g/mol. The van der Waals surface area contributed by atoms with E-state index in [1.165, 1.54) is 12.8 Å². The molecule has 0 N–H and O–H groups in total. The molecule has 1 aromatic carbocycles. The van der Waals surface area contributed by atoms with Gasteiger partial charge in [-0.3, -0.25) is 19.8 Å². The van der Waals surface area contributed by atoms with Gasteiger partial charge >= 0.3 is 0 Å². The Morgan fingerprint density at radius 3 is 1.44 bits per heavy atom. The number of hydrogen-bond donors (Lipinski definition) is 0. The maximum Gasteiger partial charge on any atom is 0.0749 e. The highest BCUT2D eigenvalue weighted by Crippen LogP contribution is 2.24. The standard InChI is InChI=1S/C14H20N2O2/c1-3-11-17-15(9-1)13-5-7-14(8-6-13)16-10-2-4-12-18-16/h5-8H,1-4,9-12H2. The van der Waals surface area contributed by atoms with E-state index in [1.54, 1.807) is 0 Å². The Labute approximate surface area is 108 Å². The molecule has 2 heterocycles. The van der Waals surface area contributed by atoms with Gasteiger partial charge < -0.3 is 0 Å². The summed E-state index contributed by atoms with van der Waals surface area (Å²) in [5.41, 5.74) is 2.27. The van der Waals surface area contributed by atoms with Crippen LogP contribution in [0.1, 0.15) is 25.7 Å². The Kier molecular flexibility index (Phi) is 3.67. The zero-order valence-corrected chi connectivity index (χ0v) is 10.7. The van der Waals surface area contributed by atoms with Crippen molar-refractivity contribution in [2.24, 2.45) is 0 Å². The Bertz CT molecular complexity index is 331. The van der Waals surface area contributed by atoms with Gasteiger partial charge in [-0.1, -0.05) is 0 Å². The van der Waals surface area contributed by atoms with E-state index in [1.807, 2.05) is 10.1 Å². The molecule has 0 radical (unpaired) electrons. The Balaban J connectivity index is 1.67. The molecule has 0 aromatic heterocycles. The second-order valence-corrected chi connectivity index (χ2v) is 4.80. The number of hydrogen-bond acceptors (Lipinski definition) is 4. The van der Waals surface area contributed by atoms with Crippen LogP contribution in [0.2, 0.25) is 0 Å². The molecule has 18 heavy (non-hydrogen) atoms. The van der Waals surface area contributed by atoms with E-state index >= 15 is 0 Å². The third-order valence-electron chi connectivity index (χ3n) is 3.43. The minimum Gasteiger partial charge on any atom is -0.273 e. The van der Waals surface area contributed by atoms with Crippen LogP contribution >= 0.6 is 0 Å². The molecule has 1 aromatic rings. The van der Waals surface area contributed by atoms with Crippen molar-refractivity contribution in [2.45, 2.75) is 25.7 Å². The molecule has 2 aliphatic heterocycles. The zero-order chi connectivity index (χ0) is 12.2. The zero-order valence-electron chi connectivity index (χ0n) is 10.7. The third kappa shape index (κ3) is 2.60. The van der Waals surface area contributed by atoms with Crippen LogP contribution in [-0.4, -0.2) is 26.3 Å². The number of rotatable bonds is 2. The lowest BCUT2D eigenvalue weighted by Crippen LogP contribution is -2.31. The number of anilines is 2. The molecule has 0 bridgehead atoms. The molecule has 2 fully saturated rings. The molecule has 0 amide bonds. The fourth-order valence-electron chi connectivity index (χ4n) is 2.39. The molecular formula is C14H20N2O2. The SMILES string of the molecule is c1cc(N2CCCCO2)ccc1N1CCCCO1. The van der Waals surface area contributed by atoms with Gasteiger partial charge in [0, 0.05) is 13.1 Å². The summed E-state index contributed by atoms with van der Waals surface area (Å²) in [7, 11) is 0. The Morgan fingerprint density at radius 1 is 0.667 bits per heavy atom. The van der Waals surface area contributed by atoms with E-state index in [9.17, 15) is 0 Å². The quantitative estimate of drug-likeness (QED) is 0.803. The van der Waals surface area contributed by atoms with Gasteiger partial charge in [-0.2, -0.15) is 0 Å². The van der Waals surface area contributed by atoms with Crippen LogP contribution in [-0.2, 0) is 9.68 Å². The highest BCUT2D eigenvalue weighted by Gasteiger charge is 2.14. The van der Waals surface area contributed by atoms with E-state index in [0.717, 1.165) is 50.5 Å². The summed E-state index contributed by atoms with van der Waals surface area (Å²) in [5, 5.41) is 3.98. The molecule has 0 atom stereocenters. The van der Waals surface area contributed by atoms with Crippen LogP contribution in [0.15, 0.2) is 24.3 Å². The van der Waals surface area contributed by atoms with Crippen molar-refractivity contribution in [3.05, 3.63) is 24.3 Å². The van der Waals surface area contributed by atoms with Crippen molar-refractivity contribution < 1.29 is 9.68 Å². The summed E-state index contributed by atoms with van der Waals surface area (Å²) in [6.07, 6.45) is 4.74. The average Bonchev–Trinajstić information content (AvgIpc) is 2.49. The summed E-state index contributed by atoms with van der Waals surface area (Å²) in [4.78, 5) is 11.3. The second-order valence-electron chi connectivity index (χ2n) is 4.80. The van der Waals surface area contributed by atoms with Gasteiger partial charge in [0.2, 0.25) is 0 Å². The van der Waals surface area contributed by atoms with Gasteiger partial charge in [-0.25, -0.2) is 0 Å². The molecule has 0 aliphatic carbocycles. The van der Waals surface area contributed by atoms with Crippen molar-refractivity contribution >= 4 is 11.4 Å². The minimum atomic E-state index is 0.830. The molecule has 3 rings (SSSR count). The van der Waals surface area contributed by atoms with Gasteiger partial charge in [0.15, 0.2) is 0 Å². The van der Waals surface area contributed by atoms with Crippen molar-refractivity contribution in [1.29, 1.82) is 0 Å². The fourth-order valence-corrected chi connectivity index (χ4v) is 2.39. The Hall–Kier alpha value is -1.26. The molecular weight excluding hydrogens is 228 g/mol. The van der Waals surface area contributed by atoms with Crippen LogP contribution in [0.25, 0.3) is 0 Å². The van der Waals surface area contributed by atoms with Gasteiger partial charge in [-0.05, 0) is 49.9 Å². The fraction of sp³-hybridized carbons (Fsp3) is 0.571. The van der Waals surface area contributed by atoms with Crippen molar-refractivity contribution in [3.63, 3.8) is 0 Å². The van der Waals surface area contributed by atoms with Gasteiger partial charge in [0.05, 0.1) is 24.6 Å². The largest absolute Gasteiger partial charge is 0.273 e. The van der Waals surface area contributed by atoms with Crippen molar-refractivity contribution in [2.75, 3.05) is 36.4 Å². The van der Waals surface area contributed by atoms with Crippen LogP contribution in [0, 0.1) is 0 Å². The van der Waals surface area contributed by atoms with E-state index in [4.69, 9.17) is 9.68 Å². The Morgan fingerprint density at radius 2 is 1.11 bits per heavy atom. The van der Waals surface area contributed by atoms with Crippen LogP contribution < -0.4 is 10.1 Å². The summed E-state index contributed by atoms with van der Waals surface area (Å²) >= 11 is 0. The van der Waals surface area contributed by atoms with Crippen LogP contribution in [0.5, 0.6) is 0 Å². The molecule has 4 heteroatoms. The smallest absolute Gasteiger partial charge is 0.0749 e. The van der Waals surface area contributed by atoms with E-state index in [2.05, 4.69) is 24.3 Å². The topological polar surface area (TPSA) is 24.9 Å². The molecule has 2 saturated heterocycles. The lowest BCUT2D eigenvalue weighted by atomic mass is 10.2. The van der Waals surface area contributed by atoms with Gasteiger partial charge in [0.1, 0.15) is 0 Å². The predicted molar refractivity (Wildman–Crippen MR) is 71.5 cm³/mol. The lowest BCUT2D eigenvalue weighted by molar-refractivity contribution is 0.0764. The first-order valence-corrected chi connectivity index (χ1v) is 6.84. The van der Waals surface area contributed by atoms with E-state index in [0.29, 0.717) is 0 Å². The lowest BCUT2D eigenvalue weighted by Gasteiger charge is -2.30. The monoisotopic (exact) mass is 248 g/mol. The normalized spacial score (nSPS) is 21.1. The van der Waals surface area contributed by atoms with Gasteiger partial charge in [0.25, 0.3) is 0 Å². The van der Waals surface area contributed by atoms with Gasteiger partial charge in [-0.15, -0.1) is 0 Å². The summed E-state index contributed by atoms with van der Waals surface area (Å²) < 4.78 is 0. The highest BCUT2D eigenvalue weighted by molar-refractivity contribution is 5.54. The molecule has 2 aliphatic rings. The first kappa shape index (κ1) is 11.8. The molecule has 0 spiro atoms. The first-order valence-electron chi connectivity index (χ1n) is 6.84. The van der Waals surface area contributed by atoms with Crippen LogP contribution in [0.4, 0.5) is 11.4 Å². The van der Waals surface area contributed by atoms with Crippen LogP contribution in [0.3, 0.4) is 0 Å². The molecule has 0 unspecified atom stereocenters. The molecule has 0 saturated carbocycles. The minimum absolute atomic E-state index is 0.830. The number of benzene rings is 1. The second kappa shape index (κ2) is 5.59. The number of nitrogens with zero attached hydrogens (tertiary/aromatic N) is 2. The van der Waals surface area contributed by atoms with Crippen molar-refractivity contribution in [3.8, 4) is 0 Å².